The Labute approximate surface area is 230 Å². The highest BCUT2D eigenvalue weighted by molar-refractivity contribution is 7.89. The summed E-state index contributed by atoms with van der Waals surface area (Å²) in [5, 5.41) is 3.77. The number of aromatic nitrogens is 4. The summed E-state index contributed by atoms with van der Waals surface area (Å²) >= 11 is 0. The van der Waals surface area contributed by atoms with E-state index < -0.39 is 95.6 Å². The van der Waals surface area contributed by atoms with Gasteiger partial charge >= 0.3 is 0 Å². The van der Waals surface area contributed by atoms with Gasteiger partial charge in [-0.15, -0.1) is 0 Å². The monoisotopic (exact) mass is 529 g/mol. The number of aryl methyl sites for hydroxylation is 2. The van der Waals surface area contributed by atoms with Crippen LogP contribution in [0.4, 0.5) is 0 Å². The summed E-state index contributed by atoms with van der Waals surface area (Å²) < 4.78 is 138. The maximum Gasteiger partial charge on any atom is 0.277 e. The number of nitrogens with zero attached hydrogens (tertiary/aromatic N) is 4. The minimum atomic E-state index is -4.67. The van der Waals surface area contributed by atoms with Gasteiger partial charge in [-0.3, -0.25) is 9.48 Å². The second-order valence-electron chi connectivity index (χ2n) is 8.21. The van der Waals surface area contributed by atoms with Crippen LogP contribution in [0.25, 0.3) is 22.4 Å². The SMILES string of the molecule is [2H]C([2H])([2H])CC([2H])([2H])c1nn(C([2H])([2H])[2H])c2c(=O)[nH]c(-c3cc(S(=O)(=O)NC([2H])([2H])CC4CCCN4C([2H])([2H])[2H])ccc3OCCC)nc12. The van der Waals surface area contributed by atoms with E-state index >= 15 is 0 Å². The van der Waals surface area contributed by atoms with E-state index in [0.29, 0.717) is 19.3 Å². The van der Waals surface area contributed by atoms with Crippen LogP contribution < -0.4 is 15.0 Å². The van der Waals surface area contributed by atoms with Crippen LogP contribution in [-0.2, 0) is 23.4 Å². The molecule has 2 aromatic heterocycles. The maximum atomic E-state index is 13.5. The number of rotatable bonds is 11. The van der Waals surface area contributed by atoms with Crippen molar-refractivity contribution in [3.05, 3.63) is 34.2 Å². The number of ether oxygens (including phenoxy) is 1. The van der Waals surface area contributed by atoms with Crippen LogP contribution in [0.15, 0.2) is 27.9 Å². The summed E-state index contributed by atoms with van der Waals surface area (Å²) in [4.78, 5) is 20.7. The number of aromatic amines is 1. The fraction of sp³-hybridized carbons (Fsp3) is 0.560. The molecule has 1 aromatic carbocycles. The van der Waals surface area contributed by atoms with Crippen LogP contribution >= 0.6 is 0 Å². The Bertz CT molecular complexity index is 1850. The van der Waals surface area contributed by atoms with E-state index in [1.165, 1.54) is 6.07 Å². The lowest BCUT2D eigenvalue weighted by atomic mass is 10.1. The van der Waals surface area contributed by atoms with Gasteiger partial charge in [0.15, 0.2) is 5.52 Å². The summed E-state index contributed by atoms with van der Waals surface area (Å²) in [5.74, 6) is -0.403. The summed E-state index contributed by atoms with van der Waals surface area (Å²) in [7, 11) is -4.67. The molecule has 3 heterocycles. The number of hydrogen-bond acceptors (Lipinski definition) is 7. The lowest BCUT2D eigenvalue weighted by molar-refractivity contribution is 0.297. The minimum Gasteiger partial charge on any atom is -0.493 e. The molecule has 11 heteroatoms. The molecule has 1 aliphatic heterocycles. The Hall–Kier alpha value is -2.76. The molecule has 0 saturated carbocycles. The molecule has 0 radical (unpaired) electrons. The highest BCUT2D eigenvalue weighted by Gasteiger charge is 2.23. The molecular weight excluding hydrogens is 480 g/mol. The number of fused-ring (bicyclic) bond motifs is 1. The maximum absolute atomic E-state index is 13.5. The molecule has 3 aromatic rings. The van der Waals surface area contributed by atoms with E-state index in [9.17, 15) is 13.2 Å². The number of sulfonamides is 1. The Morgan fingerprint density at radius 1 is 1.33 bits per heavy atom. The molecule has 2 N–H and O–H groups in total. The summed E-state index contributed by atoms with van der Waals surface area (Å²) in [6, 6.07) is 2.60. The molecule has 0 aliphatic carbocycles. The molecular formula is C25H36N6O4S. The van der Waals surface area contributed by atoms with Crippen molar-refractivity contribution in [1.82, 2.24) is 29.4 Å². The fourth-order valence-corrected chi connectivity index (χ4v) is 4.83. The standard InChI is InChI=1S/C25H36N6O4S/c1-5-8-20-22-23(31(4)29-20)25(32)28-24(27-22)19-16-18(10-11-21(19)35-15-6-2)36(33,34)26-13-12-17-9-7-14-30(17)3/h10-11,16-17,26H,5-9,12-15H2,1-4H3,(H,27,28,32)/i1D3,3D3,4D3,8D2,13D2. The Balaban J connectivity index is 1.84. The predicted octanol–water partition coefficient (Wildman–Crippen LogP) is 2.83. The molecule has 1 saturated heterocycles. The van der Waals surface area contributed by atoms with Crippen molar-refractivity contribution in [2.75, 3.05) is 26.6 Å². The molecule has 0 amide bonds. The normalized spacial score (nSPS) is 23.9. The molecule has 1 atom stereocenters. The van der Waals surface area contributed by atoms with Crippen molar-refractivity contribution in [3.63, 3.8) is 0 Å². The van der Waals surface area contributed by atoms with Gasteiger partial charge in [0.05, 0.1) is 22.8 Å². The summed E-state index contributed by atoms with van der Waals surface area (Å²) in [6.45, 7) is -8.89. The molecule has 10 nitrogen and oxygen atoms in total. The van der Waals surface area contributed by atoms with Gasteiger partial charge in [0.25, 0.3) is 5.56 Å². The van der Waals surface area contributed by atoms with Gasteiger partial charge < -0.3 is 14.6 Å². The van der Waals surface area contributed by atoms with E-state index in [1.807, 2.05) is 4.72 Å². The number of H-pyrrole nitrogens is 1. The van der Waals surface area contributed by atoms with Crippen LogP contribution in [0.5, 0.6) is 5.75 Å². The van der Waals surface area contributed by atoms with Crippen LogP contribution in [0, 0.1) is 0 Å². The second-order valence-corrected chi connectivity index (χ2v) is 9.89. The lowest BCUT2D eigenvalue weighted by Gasteiger charge is -2.19. The lowest BCUT2D eigenvalue weighted by Crippen LogP contribution is -2.31. The molecule has 1 aliphatic rings. The van der Waals surface area contributed by atoms with E-state index in [1.54, 1.807) is 6.92 Å². The third kappa shape index (κ3) is 5.47. The van der Waals surface area contributed by atoms with E-state index in [-0.39, 0.29) is 29.1 Å². The zero-order valence-electron chi connectivity index (χ0n) is 32.6. The van der Waals surface area contributed by atoms with E-state index in [4.69, 9.17) is 22.6 Å². The van der Waals surface area contributed by atoms with Crippen LogP contribution in [-0.4, -0.2) is 65.7 Å². The van der Waals surface area contributed by atoms with Gasteiger partial charge in [0, 0.05) is 37.3 Å². The molecule has 0 bridgehead atoms. The van der Waals surface area contributed by atoms with Crippen LogP contribution in [0.2, 0.25) is 0 Å². The van der Waals surface area contributed by atoms with Gasteiger partial charge in [-0.25, -0.2) is 18.1 Å². The number of hydrogen-bond donors (Lipinski definition) is 2. The molecule has 196 valence electrons. The quantitative estimate of drug-likeness (QED) is 0.392. The molecule has 1 unspecified atom stereocenters. The minimum absolute atomic E-state index is 0.000787. The third-order valence-electron chi connectivity index (χ3n) is 5.69. The first kappa shape index (κ1) is 14.3. The van der Waals surface area contributed by atoms with Crippen molar-refractivity contribution in [2.45, 2.75) is 63.2 Å². The van der Waals surface area contributed by atoms with Gasteiger partial charge in [0.1, 0.15) is 17.1 Å². The Morgan fingerprint density at radius 3 is 3.00 bits per heavy atom. The van der Waals surface area contributed by atoms with Crippen molar-refractivity contribution >= 4 is 21.1 Å². The zero-order valence-corrected chi connectivity index (χ0v) is 20.4. The number of likely N-dealkylation sites (tertiary alicyclic amines) is 1. The fourth-order valence-electron chi connectivity index (χ4n) is 3.92. The zero-order chi connectivity index (χ0) is 37.0. The molecule has 1 fully saturated rings. The average molecular weight is 530 g/mol. The highest BCUT2D eigenvalue weighted by atomic mass is 32.2. The predicted molar refractivity (Wildman–Crippen MR) is 140 cm³/mol. The first-order valence-corrected chi connectivity index (χ1v) is 12.9. The van der Waals surface area contributed by atoms with Gasteiger partial charge in [-0.1, -0.05) is 20.2 Å². The largest absolute Gasteiger partial charge is 0.493 e. The summed E-state index contributed by atoms with van der Waals surface area (Å²) in [5.41, 5.74) is -3.28. The van der Waals surface area contributed by atoms with Gasteiger partial charge in [-0.2, -0.15) is 5.10 Å². The van der Waals surface area contributed by atoms with E-state index in [2.05, 4.69) is 15.1 Å². The number of benzene rings is 1. The third-order valence-corrected chi connectivity index (χ3v) is 6.97. The molecule has 36 heavy (non-hydrogen) atoms. The van der Waals surface area contributed by atoms with Crippen molar-refractivity contribution < 1.29 is 31.0 Å². The second kappa shape index (κ2) is 11.1. The van der Waals surface area contributed by atoms with Crippen molar-refractivity contribution in [3.8, 4) is 17.1 Å². The first-order chi connectivity index (χ1) is 22.3. The van der Waals surface area contributed by atoms with E-state index in [0.717, 1.165) is 17.0 Å². The summed E-state index contributed by atoms with van der Waals surface area (Å²) in [6.07, 6.45) is -3.02. The molecule has 0 spiro atoms. The Morgan fingerprint density at radius 2 is 2.22 bits per heavy atom. The topological polar surface area (TPSA) is 122 Å². The van der Waals surface area contributed by atoms with Gasteiger partial charge in [-0.05, 0) is 63.8 Å². The van der Waals surface area contributed by atoms with Crippen molar-refractivity contribution in [2.24, 2.45) is 6.98 Å². The smallest absolute Gasteiger partial charge is 0.277 e. The first-order valence-electron chi connectivity index (χ1n) is 17.9. The van der Waals surface area contributed by atoms with Crippen molar-refractivity contribution in [1.29, 1.82) is 0 Å². The highest BCUT2D eigenvalue weighted by Crippen LogP contribution is 2.31. The van der Waals surface area contributed by atoms with Crippen LogP contribution in [0.3, 0.4) is 0 Å². The van der Waals surface area contributed by atoms with Crippen LogP contribution in [0.1, 0.15) is 69.4 Å². The number of nitrogens with one attached hydrogen (secondary N) is 2. The van der Waals surface area contributed by atoms with Gasteiger partial charge in [0.2, 0.25) is 10.0 Å². The molecule has 4 rings (SSSR count). The average Bonchev–Trinajstić information content (AvgIpc) is 3.55. The Kier molecular flexibility index (Phi) is 4.39.